The monoisotopic (exact) mass is 488 g/mol. The quantitative estimate of drug-likeness (QED) is 0.348. The maximum absolute atomic E-state index is 14.7. The third kappa shape index (κ3) is 4.85. The van der Waals surface area contributed by atoms with Crippen LogP contribution in [0.15, 0.2) is 90.3 Å². The van der Waals surface area contributed by atoms with Crippen molar-refractivity contribution in [3.63, 3.8) is 0 Å². The van der Waals surface area contributed by atoms with Crippen molar-refractivity contribution in [3.05, 3.63) is 108 Å². The lowest BCUT2D eigenvalue weighted by atomic mass is 9.86. The molecular weight excluding hydrogens is 463 g/mol. The van der Waals surface area contributed by atoms with Gasteiger partial charge in [0, 0.05) is 54.9 Å². The van der Waals surface area contributed by atoms with E-state index in [1.807, 2.05) is 24.3 Å². The molecule has 0 bridgehead atoms. The SMILES string of the molecule is O=S(=O)(c1ccc(-c2ncccc2CC(c2cccnc2)c2cccnc2F)cc1)N1CCCC1. The first-order valence-corrected chi connectivity index (χ1v) is 13.0. The van der Waals surface area contributed by atoms with Crippen LogP contribution >= 0.6 is 0 Å². The lowest BCUT2D eigenvalue weighted by Gasteiger charge is -2.20. The second-order valence-corrected chi connectivity index (χ2v) is 10.5. The molecule has 4 aromatic rings. The summed E-state index contributed by atoms with van der Waals surface area (Å²) in [6, 6.07) is 17.9. The van der Waals surface area contributed by atoms with E-state index in [-0.39, 0.29) is 10.8 Å². The molecule has 8 heteroatoms. The van der Waals surface area contributed by atoms with Crippen molar-refractivity contribution >= 4 is 10.0 Å². The third-order valence-electron chi connectivity index (χ3n) is 6.40. The summed E-state index contributed by atoms with van der Waals surface area (Å²) in [5.74, 6) is -0.821. The first-order valence-electron chi connectivity index (χ1n) is 11.6. The van der Waals surface area contributed by atoms with Crippen molar-refractivity contribution < 1.29 is 12.8 Å². The molecule has 0 amide bonds. The van der Waals surface area contributed by atoms with Crippen LogP contribution in [0.5, 0.6) is 0 Å². The predicted molar refractivity (Wildman–Crippen MR) is 132 cm³/mol. The Hall–Kier alpha value is -3.49. The zero-order valence-corrected chi connectivity index (χ0v) is 19.9. The molecule has 1 unspecified atom stereocenters. The van der Waals surface area contributed by atoms with E-state index in [1.165, 1.54) is 10.5 Å². The Bertz CT molecular complexity index is 1410. The van der Waals surface area contributed by atoms with Crippen LogP contribution in [0.2, 0.25) is 0 Å². The molecule has 1 saturated heterocycles. The summed E-state index contributed by atoms with van der Waals surface area (Å²) in [6.45, 7) is 1.13. The van der Waals surface area contributed by atoms with Crippen LogP contribution in [0.1, 0.15) is 35.4 Å². The number of hydrogen-bond acceptors (Lipinski definition) is 5. The lowest BCUT2D eigenvalue weighted by Crippen LogP contribution is -2.27. The van der Waals surface area contributed by atoms with Gasteiger partial charge >= 0.3 is 0 Å². The zero-order valence-electron chi connectivity index (χ0n) is 19.1. The molecule has 4 heterocycles. The summed E-state index contributed by atoms with van der Waals surface area (Å²) in [6.07, 6.45) is 8.84. The molecule has 3 aromatic heterocycles. The Morgan fingerprint density at radius 2 is 1.60 bits per heavy atom. The van der Waals surface area contributed by atoms with Crippen molar-refractivity contribution in [2.45, 2.75) is 30.1 Å². The average molecular weight is 489 g/mol. The standard InChI is InChI=1S/C27H25FN4O2S/c28-27-24(8-5-15-31-27)25(22-7-3-13-29-19-22)18-21-6-4-14-30-26(21)20-9-11-23(12-10-20)35(33,34)32-16-1-2-17-32/h3-15,19,25H,1-2,16-18H2. The summed E-state index contributed by atoms with van der Waals surface area (Å²) in [5, 5.41) is 0. The maximum atomic E-state index is 14.7. The van der Waals surface area contributed by atoms with E-state index >= 15 is 0 Å². The summed E-state index contributed by atoms with van der Waals surface area (Å²) in [5.41, 5.74) is 3.82. The number of halogens is 1. The van der Waals surface area contributed by atoms with Crippen LogP contribution in [-0.4, -0.2) is 40.8 Å². The Morgan fingerprint density at radius 3 is 2.31 bits per heavy atom. The van der Waals surface area contributed by atoms with Gasteiger partial charge in [-0.2, -0.15) is 8.70 Å². The van der Waals surface area contributed by atoms with Gasteiger partial charge in [0.2, 0.25) is 16.0 Å². The van der Waals surface area contributed by atoms with E-state index in [0.717, 1.165) is 35.2 Å². The van der Waals surface area contributed by atoms with Crippen LogP contribution in [0.25, 0.3) is 11.3 Å². The topological polar surface area (TPSA) is 76.0 Å². The minimum absolute atomic E-state index is 0.284. The molecule has 6 nitrogen and oxygen atoms in total. The van der Waals surface area contributed by atoms with Crippen LogP contribution in [0.3, 0.4) is 0 Å². The number of nitrogens with zero attached hydrogens (tertiary/aromatic N) is 4. The lowest BCUT2D eigenvalue weighted by molar-refractivity contribution is 0.477. The molecule has 1 aliphatic rings. The highest BCUT2D eigenvalue weighted by Gasteiger charge is 2.27. The molecule has 0 radical (unpaired) electrons. The fraction of sp³-hybridized carbons (Fsp3) is 0.222. The molecule has 0 N–H and O–H groups in total. The van der Waals surface area contributed by atoms with Gasteiger partial charge < -0.3 is 0 Å². The summed E-state index contributed by atoms with van der Waals surface area (Å²) < 4.78 is 42.1. The fourth-order valence-electron chi connectivity index (χ4n) is 4.59. The highest BCUT2D eigenvalue weighted by atomic mass is 32.2. The van der Waals surface area contributed by atoms with Gasteiger partial charge in [0.05, 0.1) is 10.6 Å². The van der Waals surface area contributed by atoms with Crippen molar-refractivity contribution in [1.29, 1.82) is 0 Å². The molecular formula is C27H25FN4O2S. The van der Waals surface area contributed by atoms with E-state index < -0.39 is 16.0 Å². The number of pyridine rings is 3. The normalized spacial score (nSPS) is 15.2. The van der Waals surface area contributed by atoms with E-state index in [2.05, 4.69) is 15.0 Å². The number of aromatic nitrogens is 3. The van der Waals surface area contributed by atoms with E-state index in [4.69, 9.17) is 0 Å². The van der Waals surface area contributed by atoms with Crippen LogP contribution in [-0.2, 0) is 16.4 Å². The molecule has 1 fully saturated rings. The zero-order chi connectivity index (χ0) is 24.3. The molecule has 0 spiro atoms. The Kier molecular flexibility index (Phi) is 6.66. The molecule has 5 rings (SSSR count). The molecule has 0 saturated carbocycles. The van der Waals surface area contributed by atoms with Crippen LogP contribution < -0.4 is 0 Å². The Labute approximate surface area is 204 Å². The van der Waals surface area contributed by atoms with Gasteiger partial charge in [-0.3, -0.25) is 9.97 Å². The average Bonchev–Trinajstić information content (AvgIpc) is 3.45. The summed E-state index contributed by atoms with van der Waals surface area (Å²) in [4.78, 5) is 13.0. The van der Waals surface area contributed by atoms with Gasteiger partial charge in [-0.1, -0.05) is 30.3 Å². The third-order valence-corrected chi connectivity index (χ3v) is 8.31. The van der Waals surface area contributed by atoms with Crippen LogP contribution in [0.4, 0.5) is 4.39 Å². The van der Waals surface area contributed by atoms with Gasteiger partial charge in [-0.25, -0.2) is 13.4 Å². The van der Waals surface area contributed by atoms with Gasteiger partial charge in [-0.15, -0.1) is 0 Å². The second kappa shape index (κ2) is 10.0. The number of rotatable bonds is 7. The van der Waals surface area contributed by atoms with Crippen molar-refractivity contribution in [2.75, 3.05) is 13.1 Å². The van der Waals surface area contributed by atoms with Crippen molar-refractivity contribution in [3.8, 4) is 11.3 Å². The number of hydrogen-bond donors (Lipinski definition) is 0. The smallest absolute Gasteiger partial charge is 0.243 e. The summed E-state index contributed by atoms with van der Waals surface area (Å²) >= 11 is 0. The first-order chi connectivity index (χ1) is 17.0. The highest BCUT2D eigenvalue weighted by molar-refractivity contribution is 7.89. The maximum Gasteiger partial charge on any atom is 0.243 e. The fourth-order valence-corrected chi connectivity index (χ4v) is 6.11. The molecule has 178 valence electrons. The van der Waals surface area contributed by atoms with Gasteiger partial charge in [0.15, 0.2) is 0 Å². The van der Waals surface area contributed by atoms with Crippen molar-refractivity contribution in [1.82, 2.24) is 19.3 Å². The molecule has 1 atom stereocenters. The van der Waals surface area contributed by atoms with Gasteiger partial charge in [0.25, 0.3) is 0 Å². The Morgan fingerprint density at radius 1 is 0.886 bits per heavy atom. The number of sulfonamides is 1. The molecule has 35 heavy (non-hydrogen) atoms. The van der Waals surface area contributed by atoms with E-state index in [1.54, 1.807) is 55.0 Å². The second-order valence-electron chi connectivity index (χ2n) is 8.57. The highest BCUT2D eigenvalue weighted by Crippen LogP contribution is 2.33. The van der Waals surface area contributed by atoms with Gasteiger partial charge in [0.1, 0.15) is 0 Å². The van der Waals surface area contributed by atoms with Crippen LogP contribution in [0, 0.1) is 5.95 Å². The predicted octanol–water partition coefficient (Wildman–Crippen LogP) is 4.84. The minimum atomic E-state index is -3.49. The summed E-state index contributed by atoms with van der Waals surface area (Å²) in [7, 11) is -3.49. The number of benzene rings is 1. The minimum Gasteiger partial charge on any atom is -0.264 e. The molecule has 1 aliphatic heterocycles. The van der Waals surface area contributed by atoms with E-state index in [0.29, 0.717) is 25.1 Å². The molecule has 0 aliphatic carbocycles. The Balaban J connectivity index is 1.49. The van der Waals surface area contributed by atoms with Crippen molar-refractivity contribution in [2.24, 2.45) is 0 Å². The largest absolute Gasteiger partial charge is 0.264 e. The van der Waals surface area contributed by atoms with Gasteiger partial charge in [-0.05, 0) is 60.7 Å². The first kappa shape index (κ1) is 23.3. The molecule has 1 aromatic carbocycles. The van der Waals surface area contributed by atoms with E-state index in [9.17, 15) is 12.8 Å².